The minimum atomic E-state index is -0.469. The number of morpholine rings is 1. The highest BCUT2D eigenvalue weighted by molar-refractivity contribution is 5.90. The van der Waals surface area contributed by atoms with Crippen molar-refractivity contribution in [2.75, 3.05) is 13.1 Å². The van der Waals surface area contributed by atoms with Gasteiger partial charge in [0.1, 0.15) is 0 Å². The van der Waals surface area contributed by atoms with Gasteiger partial charge in [-0.3, -0.25) is 14.5 Å². The summed E-state index contributed by atoms with van der Waals surface area (Å²) >= 11 is 0. The molecule has 2 rings (SSSR count). The average molecular weight is 219 g/mol. The molecule has 16 heavy (non-hydrogen) atoms. The molecular formula is C12H13NO3. The number of cyclic esters (lactones) is 2. The SMILES string of the molecule is Cc1ccc(CN2CC(=O)OC(=O)C2)cc1. The zero-order valence-electron chi connectivity index (χ0n) is 9.10. The fraction of sp³-hybridized carbons (Fsp3) is 0.333. The predicted octanol–water partition coefficient (Wildman–Crippen LogP) is 0.880. The molecule has 0 radical (unpaired) electrons. The number of nitrogens with zero attached hydrogens (tertiary/aromatic N) is 1. The first-order valence-electron chi connectivity index (χ1n) is 5.15. The third kappa shape index (κ3) is 2.67. The molecule has 1 aromatic carbocycles. The summed E-state index contributed by atoms with van der Waals surface area (Å²) in [6, 6.07) is 8.03. The van der Waals surface area contributed by atoms with Gasteiger partial charge < -0.3 is 4.74 Å². The van der Waals surface area contributed by atoms with E-state index in [1.807, 2.05) is 31.2 Å². The Labute approximate surface area is 93.8 Å². The van der Waals surface area contributed by atoms with Gasteiger partial charge in [-0.25, -0.2) is 0 Å². The maximum Gasteiger partial charge on any atom is 0.327 e. The van der Waals surface area contributed by atoms with Gasteiger partial charge in [-0.2, -0.15) is 0 Å². The first-order chi connectivity index (χ1) is 7.63. The molecule has 1 fully saturated rings. The summed E-state index contributed by atoms with van der Waals surface area (Å²) in [5, 5.41) is 0. The second kappa shape index (κ2) is 4.45. The van der Waals surface area contributed by atoms with Gasteiger partial charge in [0, 0.05) is 6.54 Å². The number of hydrogen-bond donors (Lipinski definition) is 0. The van der Waals surface area contributed by atoms with Crippen molar-refractivity contribution < 1.29 is 14.3 Å². The molecule has 0 unspecified atom stereocenters. The van der Waals surface area contributed by atoms with Crippen molar-refractivity contribution in [3.8, 4) is 0 Å². The summed E-state index contributed by atoms with van der Waals surface area (Å²) in [6.07, 6.45) is 0. The van der Waals surface area contributed by atoms with Gasteiger partial charge >= 0.3 is 11.9 Å². The van der Waals surface area contributed by atoms with E-state index in [0.29, 0.717) is 6.54 Å². The summed E-state index contributed by atoms with van der Waals surface area (Å²) in [6.45, 7) is 2.98. The number of aryl methyl sites for hydroxylation is 1. The van der Waals surface area contributed by atoms with Gasteiger partial charge in [-0.1, -0.05) is 29.8 Å². The topological polar surface area (TPSA) is 46.6 Å². The van der Waals surface area contributed by atoms with Crippen LogP contribution in [0.4, 0.5) is 0 Å². The maximum atomic E-state index is 11.0. The summed E-state index contributed by atoms with van der Waals surface area (Å²) < 4.78 is 4.45. The van der Waals surface area contributed by atoms with E-state index in [2.05, 4.69) is 4.74 Å². The van der Waals surface area contributed by atoms with Gasteiger partial charge in [-0.15, -0.1) is 0 Å². The van der Waals surface area contributed by atoms with Crippen LogP contribution in [0.2, 0.25) is 0 Å². The van der Waals surface area contributed by atoms with Crippen molar-refractivity contribution in [2.45, 2.75) is 13.5 Å². The van der Waals surface area contributed by atoms with Crippen LogP contribution in [0.15, 0.2) is 24.3 Å². The van der Waals surface area contributed by atoms with Crippen molar-refractivity contribution >= 4 is 11.9 Å². The fourth-order valence-corrected chi connectivity index (χ4v) is 1.68. The molecule has 1 saturated heterocycles. The third-order valence-corrected chi connectivity index (χ3v) is 2.46. The lowest BCUT2D eigenvalue weighted by Crippen LogP contribution is -2.42. The number of carbonyl (C=O) groups excluding carboxylic acids is 2. The van der Waals surface area contributed by atoms with Gasteiger partial charge in [-0.05, 0) is 12.5 Å². The summed E-state index contributed by atoms with van der Waals surface area (Å²) in [5.41, 5.74) is 2.28. The smallest absolute Gasteiger partial charge is 0.327 e. The zero-order valence-corrected chi connectivity index (χ0v) is 9.10. The van der Waals surface area contributed by atoms with E-state index in [1.54, 1.807) is 4.90 Å². The van der Waals surface area contributed by atoms with Crippen LogP contribution in [-0.2, 0) is 20.9 Å². The van der Waals surface area contributed by atoms with Crippen molar-refractivity contribution in [2.24, 2.45) is 0 Å². The highest BCUT2D eigenvalue weighted by atomic mass is 16.6. The fourth-order valence-electron chi connectivity index (χ4n) is 1.68. The molecule has 0 bridgehead atoms. The Hall–Kier alpha value is -1.68. The average Bonchev–Trinajstić information content (AvgIpc) is 2.20. The molecule has 0 saturated carbocycles. The van der Waals surface area contributed by atoms with Gasteiger partial charge in [0.2, 0.25) is 0 Å². The van der Waals surface area contributed by atoms with Gasteiger partial charge in [0.05, 0.1) is 13.1 Å². The maximum absolute atomic E-state index is 11.0. The molecule has 0 N–H and O–H groups in total. The lowest BCUT2D eigenvalue weighted by Gasteiger charge is -2.23. The molecule has 0 atom stereocenters. The van der Waals surface area contributed by atoms with Crippen LogP contribution in [0.3, 0.4) is 0 Å². The lowest BCUT2D eigenvalue weighted by molar-refractivity contribution is -0.167. The van der Waals surface area contributed by atoms with Crippen LogP contribution in [0.5, 0.6) is 0 Å². The molecule has 4 heteroatoms. The Morgan fingerprint density at radius 1 is 1.12 bits per heavy atom. The monoisotopic (exact) mass is 219 g/mol. The second-order valence-corrected chi connectivity index (χ2v) is 3.98. The normalized spacial score (nSPS) is 17.3. The van der Waals surface area contributed by atoms with E-state index in [1.165, 1.54) is 5.56 Å². The molecule has 0 aromatic heterocycles. The molecule has 4 nitrogen and oxygen atoms in total. The largest absolute Gasteiger partial charge is 0.391 e. The summed E-state index contributed by atoms with van der Waals surface area (Å²) in [4.78, 5) is 23.9. The third-order valence-electron chi connectivity index (χ3n) is 2.46. The molecule has 1 heterocycles. The standard InChI is InChI=1S/C12H13NO3/c1-9-2-4-10(5-3-9)6-13-7-11(14)16-12(15)8-13/h2-5H,6-8H2,1H3. The molecule has 0 spiro atoms. The van der Waals surface area contributed by atoms with E-state index < -0.39 is 11.9 Å². The van der Waals surface area contributed by atoms with Crippen molar-refractivity contribution in [3.05, 3.63) is 35.4 Å². The minimum absolute atomic E-state index is 0.180. The Kier molecular flexibility index (Phi) is 3.01. The van der Waals surface area contributed by atoms with Gasteiger partial charge in [0.25, 0.3) is 0 Å². The van der Waals surface area contributed by atoms with Crippen molar-refractivity contribution in [1.82, 2.24) is 4.90 Å². The van der Waals surface area contributed by atoms with E-state index in [4.69, 9.17) is 0 Å². The Balaban J connectivity index is 2.01. The number of rotatable bonds is 2. The molecule has 84 valence electrons. The first kappa shape index (κ1) is 10.8. The number of esters is 2. The molecule has 1 aromatic rings. The number of carbonyl (C=O) groups is 2. The van der Waals surface area contributed by atoms with E-state index in [9.17, 15) is 9.59 Å². The molecular weight excluding hydrogens is 206 g/mol. The number of hydrogen-bond acceptors (Lipinski definition) is 4. The first-order valence-corrected chi connectivity index (χ1v) is 5.15. The highest BCUT2D eigenvalue weighted by Gasteiger charge is 2.24. The summed E-state index contributed by atoms with van der Waals surface area (Å²) in [7, 11) is 0. The van der Waals surface area contributed by atoms with Crippen molar-refractivity contribution in [3.63, 3.8) is 0 Å². The Bertz CT molecular complexity index is 395. The molecule has 0 amide bonds. The van der Waals surface area contributed by atoms with E-state index in [0.717, 1.165) is 5.56 Å². The minimum Gasteiger partial charge on any atom is -0.391 e. The second-order valence-electron chi connectivity index (χ2n) is 3.98. The van der Waals surface area contributed by atoms with Crippen LogP contribution in [0.25, 0.3) is 0 Å². The number of ether oxygens (including phenoxy) is 1. The predicted molar refractivity (Wildman–Crippen MR) is 57.6 cm³/mol. The van der Waals surface area contributed by atoms with E-state index in [-0.39, 0.29) is 13.1 Å². The van der Waals surface area contributed by atoms with Crippen molar-refractivity contribution in [1.29, 1.82) is 0 Å². The molecule has 1 aliphatic rings. The van der Waals surface area contributed by atoms with Crippen LogP contribution < -0.4 is 0 Å². The van der Waals surface area contributed by atoms with Crippen LogP contribution in [0.1, 0.15) is 11.1 Å². The molecule has 1 aliphatic heterocycles. The summed E-state index contributed by atoms with van der Waals surface area (Å²) in [5.74, 6) is -0.938. The Morgan fingerprint density at radius 2 is 1.69 bits per heavy atom. The number of benzene rings is 1. The lowest BCUT2D eigenvalue weighted by atomic mass is 10.1. The van der Waals surface area contributed by atoms with Gasteiger partial charge in [0.15, 0.2) is 0 Å². The van der Waals surface area contributed by atoms with E-state index >= 15 is 0 Å². The van der Waals surface area contributed by atoms with Crippen LogP contribution in [0, 0.1) is 6.92 Å². The Morgan fingerprint density at radius 3 is 2.25 bits per heavy atom. The zero-order chi connectivity index (χ0) is 11.5. The highest BCUT2D eigenvalue weighted by Crippen LogP contribution is 2.09. The van der Waals surface area contributed by atoms with Crippen LogP contribution >= 0.6 is 0 Å². The molecule has 0 aliphatic carbocycles. The quantitative estimate of drug-likeness (QED) is 0.547. The van der Waals surface area contributed by atoms with Crippen LogP contribution in [-0.4, -0.2) is 29.9 Å².